The number of aromatic nitrogens is 1. The summed E-state index contributed by atoms with van der Waals surface area (Å²) in [5.41, 5.74) is 8.40. The van der Waals surface area contributed by atoms with Gasteiger partial charge in [0, 0.05) is 29.9 Å². The molecule has 0 aliphatic rings. The number of para-hydroxylation sites is 1. The van der Waals surface area contributed by atoms with E-state index in [9.17, 15) is 39.3 Å². The Morgan fingerprint density at radius 1 is 0.860 bits per heavy atom. The molecule has 5 unspecified atom stereocenters. The van der Waals surface area contributed by atoms with E-state index in [-0.39, 0.29) is 18.6 Å². The summed E-state index contributed by atoms with van der Waals surface area (Å²) in [4.78, 5) is 65.0. The third-order valence-corrected chi connectivity index (χ3v) is 6.78. The maximum atomic E-state index is 13.4. The Balaban J connectivity index is 1.77. The third-order valence-electron chi connectivity index (χ3n) is 6.78. The minimum Gasteiger partial charge on any atom is -0.508 e. The number of fused-ring (bicyclic) bond motifs is 1. The molecule has 14 nitrogen and oxygen atoms in total. The maximum absolute atomic E-state index is 13.4. The van der Waals surface area contributed by atoms with Gasteiger partial charge in [0.1, 0.15) is 23.9 Å². The standard InChI is InChI=1S/C29H35N5O9/c1-15(35)25(28(41)32-22(29(42)43)10-11-24(37)38)34-27(40)23(12-16-6-8-18(36)9-7-16)33-26(39)20(30)13-17-14-31-21-5-3-2-4-19(17)21/h2-9,14-15,20,22-23,25,31,35-36H,10-13,30H2,1H3,(H,32,41)(H,33,39)(H,34,40)(H,37,38)(H,42,43). The number of phenolic OH excluding ortho intramolecular Hbond substituents is 1. The number of amides is 3. The Morgan fingerprint density at radius 2 is 1.51 bits per heavy atom. The molecule has 14 heteroatoms. The summed E-state index contributed by atoms with van der Waals surface area (Å²) in [5, 5.41) is 46.1. The molecule has 0 saturated carbocycles. The minimum absolute atomic E-state index is 0.0174. The van der Waals surface area contributed by atoms with Gasteiger partial charge in [-0.2, -0.15) is 0 Å². The summed E-state index contributed by atoms with van der Waals surface area (Å²) in [5.74, 6) is -5.38. The number of aromatic hydroxyl groups is 1. The number of aliphatic hydroxyl groups excluding tert-OH is 1. The van der Waals surface area contributed by atoms with E-state index in [2.05, 4.69) is 20.9 Å². The first-order valence-electron chi connectivity index (χ1n) is 13.5. The Hall–Kier alpha value is -4.95. The van der Waals surface area contributed by atoms with Crippen LogP contribution in [-0.4, -0.2) is 85.3 Å². The minimum atomic E-state index is -1.64. The van der Waals surface area contributed by atoms with E-state index in [1.807, 2.05) is 24.3 Å². The van der Waals surface area contributed by atoms with Gasteiger partial charge in [-0.3, -0.25) is 19.2 Å². The van der Waals surface area contributed by atoms with Crippen LogP contribution in [0, 0.1) is 0 Å². The Kier molecular flexibility index (Phi) is 11.2. The number of aliphatic carboxylic acids is 2. The number of hydrogen-bond donors (Lipinski definition) is 9. The van der Waals surface area contributed by atoms with Gasteiger partial charge in [-0.05, 0) is 49.1 Å². The molecule has 0 radical (unpaired) electrons. The van der Waals surface area contributed by atoms with Gasteiger partial charge < -0.3 is 47.1 Å². The molecule has 10 N–H and O–H groups in total. The normalized spacial score (nSPS) is 14.6. The van der Waals surface area contributed by atoms with Crippen LogP contribution in [0.1, 0.15) is 30.9 Å². The fourth-order valence-electron chi connectivity index (χ4n) is 4.43. The molecule has 0 aliphatic carbocycles. The van der Waals surface area contributed by atoms with Crippen molar-refractivity contribution in [2.75, 3.05) is 0 Å². The van der Waals surface area contributed by atoms with E-state index in [0.29, 0.717) is 5.56 Å². The highest BCUT2D eigenvalue weighted by molar-refractivity contribution is 5.95. The van der Waals surface area contributed by atoms with Gasteiger partial charge in [-0.25, -0.2) is 4.79 Å². The quantitative estimate of drug-likeness (QED) is 0.111. The second-order valence-electron chi connectivity index (χ2n) is 10.2. The summed E-state index contributed by atoms with van der Waals surface area (Å²) < 4.78 is 0. The molecule has 3 rings (SSSR count). The van der Waals surface area contributed by atoms with Crippen molar-refractivity contribution in [1.82, 2.24) is 20.9 Å². The van der Waals surface area contributed by atoms with Crippen molar-refractivity contribution in [3.63, 3.8) is 0 Å². The zero-order valence-electron chi connectivity index (χ0n) is 23.3. The average molecular weight is 598 g/mol. The lowest BCUT2D eigenvalue weighted by Crippen LogP contribution is -2.60. The van der Waals surface area contributed by atoms with E-state index in [1.165, 1.54) is 31.2 Å². The molecule has 0 saturated heterocycles. The predicted octanol–water partition coefficient (Wildman–Crippen LogP) is -0.229. The lowest BCUT2D eigenvalue weighted by molar-refractivity contribution is -0.144. The van der Waals surface area contributed by atoms with Crippen molar-refractivity contribution in [3.05, 3.63) is 65.9 Å². The number of rotatable bonds is 15. The van der Waals surface area contributed by atoms with Crippen LogP contribution in [-0.2, 0) is 36.8 Å². The zero-order chi connectivity index (χ0) is 31.7. The van der Waals surface area contributed by atoms with Crippen LogP contribution in [0.15, 0.2) is 54.7 Å². The maximum Gasteiger partial charge on any atom is 0.326 e. The zero-order valence-corrected chi connectivity index (χ0v) is 23.3. The predicted molar refractivity (Wildman–Crippen MR) is 154 cm³/mol. The van der Waals surface area contributed by atoms with Crippen molar-refractivity contribution < 1.29 is 44.4 Å². The first-order valence-corrected chi connectivity index (χ1v) is 13.5. The lowest BCUT2D eigenvalue weighted by atomic mass is 10.0. The van der Waals surface area contributed by atoms with Gasteiger partial charge in [0.05, 0.1) is 12.1 Å². The molecule has 43 heavy (non-hydrogen) atoms. The Morgan fingerprint density at radius 3 is 2.14 bits per heavy atom. The number of aromatic amines is 1. The number of carboxylic acids is 2. The van der Waals surface area contributed by atoms with Crippen molar-refractivity contribution in [3.8, 4) is 5.75 Å². The van der Waals surface area contributed by atoms with Crippen molar-refractivity contribution in [2.24, 2.45) is 5.73 Å². The summed E-state index contributed by atoms with van der Waals surface area (Å²) in [6, 6.07) is 7.75. The number of phenols is 1. The van der Waals surface area contributed by atoms with E-state index in [0.717, 1.165) is 16.5 Å². The van der Waals surface area contributed by atoms with Crippen molar-refractivity contribution >= 4 is 40.6 Å². The average Bonchev–Trinajstić information content (AvgIpc) is 3.36. The first-order chi connectivity index (χ1) is 20.3. The lowest BCUT2D eigenvalue weighted by Gasteiger charge is -2.26. The van der Waals surface area contributed by atoms with Crippen LogP contribution in [0.25, 0.3) is 10.9 Å². The van der Waals surface area contributed by atoms with Gasteiger partial charge in [0.25, 0.3) is 0 Å². The third kappa shape index (κ3) is 9.28. The van der Waals surface area contributed by atoms with Gasteiger partial charge >= 0.3 is 11.9 Å². The monoisotopic (exact) mass is 597 g/mol. The number of nitrogens with one attached hydrogen (secondary N) is 4. The summed E-state index contributed by atoms with van der Waals surface area (Å²) in [7, 11) is 0. The van der Waals surface area contributed by atoms with E-state index < -0.39 is 72.8 Å². The number of H-pyrrole nitrogens is 1. The van der Waals surface area contributed by atoms with E-state index >= 15 is 0 Å². The van der Waals surface area contributed by atoms with Gasteiger partial charge in [-0.1, -0.05) is 30.3 Å². The van der Waals surface area contributed by atoms with Crippen LogP contribution in [0.4, 0.5) is 0 Å². The van der Waals surface area contributed by atoms with E-state index in [4.69, 9.17) is 10.8 Å². The number of carboxylic acid groups (broad SMARTS) is 2. The number of carbonyl (C=O) groups excluding carboxylic acids is 3. The highest BCUT2D eigenvalue weighted by Crippen LogP contribution is 2.19. The largest absolute Gasteiger partial charge is 0.508 e. The van der Waals surface area contributed by atoms with Crippen LogP contribution in [0.5, 0.6) is 5.75 Å². The van der Waals surface area contributed by atoms with Gasteiger partial charge in [0.15, 0.2) is 0 Å². The second-order valence-corrected chi connectivity index (χ2v) is 10.2. The molecule has 1 heterocycles. The SMILES string of the molecule is CC(O)C(NC(=O)C(Cc1ccc(O)cc1)NC(=O)C(N)Cc1c[nH]c2ccccc12)C(=O)NC(CCC(=O)O)C(=O)O. The molecule has 0 aliphatic heterocycles. The second kappa shape index (κ2) is 14.8. The first kappa shape index (κ1) is 32.6. The Bertz CT molecular complexity index is 1450. The van der Waals surface area contributed by atoms with Crippen molar-refractivity contribution in [2.45, 2.75) is 62.9 Å². The Labute approximate surface area is 246 Å². The molecule has 2 aromatic carbocycles. The van der Waals surface area contributed by atoms with Crippen molar-refractivity contribution in [1.29, 1.82) is 0 Å². The number of hydrogen-bond acceptors (Lipinski definition) is 8. The van der Waals surface area contributed by atoms with Gasteiger partial charge in [0.2, 0.25) is 17.7 Å². The molecule has 0 fully saturated rings. The fraction of sp³-hybridized carbons (Fsp3) is 0.345. The molecule has 1 aromatic heterocycles. The van der Waals surface area contributed by atoms with E-state index in [1.54, 1.807) is 6.20 Å². The summed E-state index contributed by atoms with van der Waals surface area (Å²) in [6.45, 7) is 1.20. The summed E-state index contributed by atoms with van der Waals surface area (Å²) >= 11 is 0. The number of nitrogens with two attached hydrogens (primary N) is 1. The topological polar surface area (TPSA) is 244 Å². The van der Waals surface area contributed by atoms with Crippen LogP contribution >= 0.6 is 0 Å². The van der Waals surface area contributed by atoms with Crippen LogP contribution in [0.2, 0.25) is 0 Å². The molecular formula is C29H35N5O9. The molecule has 3 amide bonds. The number of aliphatic hydroxyl groups is 1. The molecule has 5 atom stereocenters. The van der Waals surface area contributed by atoms with Crippen LogP contribution in [0.3, 0.4) is 0 Å². The molecule has 230 valence electrons. The number of benzene rings is 2. The molecular weight excluding hydrogens is 562 g/mol. The number of carbonyl (C=O) groups is 5. The van der Waals surface area contributed by atoms with Gasteiger partial charge in [-0.15, -0.1) is 0 Å². The highest BCUT2D eigenvalue weighted by atomic mass is 16.4. The molecule has 0 spiro atoms. The summed E-state index contributed by atoms with van der Waals surface area (Å²) in [6.07, 6.45) is -0.651. The fourth-order valence-corrected chi connectivity index (χ4v) is 4.43. The molecule has 3 aromatic rings. The highest BCUT2D eigenvalue weighted by Gasteiger charge is 2.33. The smallest absolute Gasteiger partial charge is 0.326 e. The molecule has 0 bridgehead atoms. The van der Waals surface area contributed by atoms with Crippen LogP contribution < -0.4 is 21.7 Å².